The Morgan fingerprint density at radius 3 is 1.44 bits per heavy atom. The van der Waals surface area contributed by atoms with Gasteiger partial charge in [-0.15, -0.1) is 11.5 Å². The van der Waals surface area contributed by atoms with Gasteiger partial charge in [-0.1, -0.05) is 135 Å². The van der Waals surface area contributed by atoms with Gasteiger partial charge in [-0.05, 0) is 137 Å². The summed E-state index contributed by atoms with van der Waals surface area (Å²) in [6.45, 7) is 15.3. The molecule has 0 radical (unpaired) electrons. The zero-order chi connectivity index (χ0) is 38.7. The van der Waals surface area contributed by atoms with E-state index in [2.05, 4.69) is 90.1 Å². The Balaban J connectivity index is 0.00000127. The van der Waals surface area contributed by atoms with Crippen LogP contribution in [-0.2, 0) is 42.2 Å². The van der Waals surface area contributed by atoms with E-state index in [1.807, 2.05) is 0 Å². The standard InChI is InChI=1S/C42H66N2.C7H8O2.Ni/c1-7-13-19-20-21-22-28-42(44-40-33-37(25-16-10-4)30-38(34-40)26-17-11-5)41(27-18-12-6)43-39-31-35(23-14-8-2)29-36(32-39)24-15-9-3;1-5-3-2-4-6(8)7(5)9;/h22,28-34H,7-21,23-27H2,1-6H3;2-4,8-9H,1H3;/q;;+2/p-2. The number of aliphatic imine (C=N–C) groups is 2. The average Bonchev–Trinajstić information content (AvgIpc) is 3.16. The van der Waals surface area contributed by atoms with Gasteiger partial charge in [0, 0.05) is 0 Å². The predicted molar refractivity (Wildman–Crippen MR) is 229 cm³/mol. The molecule has 300 valence electrons. The number of hydrogen-bond donors (Lipinski definition) is 0. The van der Waals surface area contributed by atoms with Gasteiger partial charge in [0.15, 0.2) is 0 Å². The summed E-state index contributed by atoms with van der Waals surface area (Å²) in [7, 11) is 0. The molecule has 3 aromatic carbocycles. The van der Waals surface area contributed by atoms with Crippen LogP contribution in [0.3, 0.4) is 0 Å². The molecule has 0 atom stereocenters. The van der Waals surface area contributed by atoms with E-state index < -0.39 is 11.5 Å². The van der Waals surface area contributed by atoms with Crippen LogP contribution in [0.2, 0.25) is 0 Å². The maximum atomic E-state index is 10.7. The smallest absolute Gasteiger partial charge is 0.873 e. The van der Waals surface area contributed by atoms with Crippen molar-refractivity contribution in [1.82, 2.24) is 0 Å². The first kappa shape index (κ1) is 48.9. The van der Waals surface area contributed by atoms with E-state index in [1.54, 1.807) is 19.1 Å². The second-order valence-corrected chi connectivity index (χ2v) is 14.7. The first-order valence-electron chi connectivity index (χ1n) is 21.3. The maximum absolute atomic E-state index is 10.7. The summed E-state index contributed by atoms with van der Waals surface area (Å²) >= 11 is 0. The second-order valence-electron chi connectivity index (χ2n) is 14.7. The fraction of sp³-hybridized carbons (Fsp3) is 0.551. The first-order valence-corrected chi connectivity index (χ1v) is 21.3. The van der Waals surface area contributed by atoms with Crippen LogP contribution in [0.5, 0.6) is 11.5 Å². The van der Waals surface area contributed by atoms with Crippen molar-refractivity contribution < 1.29 is 26.7 Å². The van der Waals surface area contributed by atoms with Crippen LogP contribution in [0.4, 0.5) is 11.4 Å². The van der Waals surface area contributed by atoms with Gasteiger partial charge in [-0.2, -0.15) is 0 Å². The van der Waals surface area contributed by atoms with Gasteiger partial charge in [-0.25, -0.2) is 4.99 Å². The molecule has 0 fully saturated rings. The van der Waals surface area contributed by atoms with E-state index in [1.165, 1.54) is 105 Å². The fourth-order valence-corrected chi connectivity index (χ4v) is 6.30. The molecule has 0 spiro atoms. The van der Waals surface area contributed by atoms with E-state index >= 15 is 0 Å². The van der Waals surface area contributed by atoms with Crippen molar-refractivity contribution in [3.63, 3.8) is 0 Å². The van der Waals surface area contributed by atoms with Crippen LogP contribution in [-0.4, -0.2) is 11.4 Å². The van der Waals surface area contributed by atoms with Crippen LogP contribution in [0.1, 0.15) is 172 Å². The van der Waals surface area contributed by atoms with Crippen molar-refractivity contribution in [3.05, 3.63) is 94.6 Å². The zero-order valence-corrected chi connectivity index (χ0v) is 36.0. The molecule has 5 heteroatoms. The summed E-state index contributed by atoms with van der Waals surface area (Å²) < 4.78 is 0. The van der Waals surface area contributed by atoms with Crippen molar-refractivity contribution >= 4 is 22.8 Å². The van der Waals surface area contributed by atoms with Gasteiger partial charge >= 0.3 is 16.5 Å². The van der Waals surface area contributed by atoms with E-state index in [-0.39, 0.29) is 16.5 Å². The molecule has 0 unspecified atom stereocenters. The monoisotopic (exact) mass is 778 g/mol. The number of rotatable bonds is 24. The number of allylic oxidation sites excluding steroid dienone is 2. The summed E-state index contributed by atoms with van der Waals surface area (Å²) in [5.41, 5.74) is 10.6. The third kappa shape index (κ3) is 20.0. The van der Waals surface area contributed by atoms with Gasteiger partial charge in [0.1, 0.15) is 0 Å². The quantitative estimate of drug-likeness (QED) is 0.0516. The van der Waals surface area contributed by atoms with Crippen LogP contribution in [0, 0.1) is 6.92 Å². The van der Waals surface area contributed by atoms with E-state index in [0.29, 0.717) is 5.56 Å². The third-order valence-electron chi connectivity index (χ3n) is 9.60. The fourth-order valence-electron chi connectivity index (χ4n) is 6.30. The number of benzene rings is 3. The molecule has 0 amide bonds. The second kappa shape index (κ2) is 30.1. The summed E-state index contributed by atoms with van der Waals surface area (Å²) in [6.07, 6.45) is 28.4. The van der Waals surface area contributed by atoms with Gasteiger partial charge in [0.05, 0.1) is 22.8 Å². The molecule has 3 rings (SSSR count). The summed E-state index contributed by atoms with van der Waals surface area (Å²) in [5.74, 6) is -0.812. The maximum Gasteiger partial charge on any atom is 2.00 e. The molecule has 0 saturated carbocycles. The first-order chi connectivity index (χ1) is 25.8. The van der Waals surface area contributed by atoms with Crippen LogP contribution in [0.15, 0.2) is 76.7 Å². The van der Waals surface area contributed by atoms with E-state index in [9.17, 15) is 10.2 Å². The van der Waals surface area contributed by atoms with Gasteiger partial charge < -0.3 is 10.2 Å². The Kier molecular flexibility index (Phi) is 27.2. The molecule has 4 nitrogen and oxygen atoms in total. The molecule has 0 aromatic heterocycles. The zero-order valence-electron chi connectivity index (χ0n) is 35.0. The number of para-hydroxylation sites is 1. The number of aryl methyl sites for hydroxylation is 5. The molecule has 0 aliphatic rings. The van der Waals surface area contributed by atoms with Gasteiger partial charge in [-0.3, -0.25) is 4.99 Å². The summed E-state index contributed by atoms with van der Waals surface area (Å²) in [5, 5.41) is 21.2. The van der Waals surface area contributed by atoms with Crippen molar-refractivity contribution in [2.45, 2.75) is 177 Å². The minimum absolute atomic E-state index is 0. The van der Waals surface area contributed by atoms with Crippen molar-refractivity contribution in [3.8, 4) is 11.5 Å². The number of nitrogens with zero attached hydrogens (tertiary/aromatic N) is 2. The average molecular weight is 780 g/mol. The molecular weight excluding hydrogens is 707 g/mol. The Morgan fingerprint density at radius 2 is 1.02 bits per heavy atom. The molecular formula is C49H72N2NiO2. The summed E-state index contributed by atoms with van der Waals surface area (Å²) in [4.78, 5) is 10.9. The predicted octanol–water partition coefficient (Wildman–Crippen LogP) is 13.8. The minimum Gasteiger partial charge on any atom is -0.873 e. The van der Waals surface area contributed by atoms with Gasteiger partial charge in [0.2, 0.25) is 0 Å². The van der Waals surface area contributed by atoms with Crippen LogP contribution in [0.25, 0.3) is 0 Å². The molecule has 0 N–H and O–H groups in total. The summed E-state index contributed by atoms with van der Waals surface area (Å²) in [6, 6.07) is 18.7. The SMILES string of the molecule is CCCCCCC=CC(=Nc1cc(CCCC)cc(CCCC)c1)C(CCCC)=Nc1cc(CCCC)cc(CCCC)c1.Cc1cccc([O-])c1[O-].[Ni+2]. The molecule has 0 heterocycles. The topological polar surface area (TPSA) is 70.8 Å². The third-order valence-corrected chi connectivity index (χ3v) is 9.60. The van der Waals surface area contributed by atoms with Crippen molar-refractivity contribution in [1.29, 1.82) is 0 Å². The normalized spacial score (nSPS) is 11.8. The molecule has 0 saturated heterocycles. The van der Waals surface area contributed by atoms with E-state index in [0.717, 1.165) is 74.2 Å². The van der Waals surface area contributed by atoms with E-state index in [4.69, 9.17) is 9.98 Å². The largest absolute Gasteiger partial charge is 2.00 e. The molecule has 0 bridgehead atoms. The minimum atomic E-state index is -0.421. The number of hydrogen-bond acceptors (Lipinski definition) is 4. The van der Waals surface area contributed by atoms with Crippen LogP contribution < -0.4 is 10.2 Å². The van der Waals surface area contributed by atoms with Gasteiger partial charge in [0.25, 0.3) is 0 Å². The molecule has 0 aliphatic carbocycles. The number of unbranched alkanes of at least 4 members (excludes halogenated alkanes) is 9. The van der Waals surface area contributed by atoms with Crippen molar-refractivity contribution in [2.75, 3.05) is 0 Å². The Morgan fingerprint density at radius 1 is 0.556 bits per heavy atom. The molecule has 0 aliphatic heterocycles. The Labute approximate surface area is 341 Å². The Bertz CT molecular complexity index is 1470. The van der Waals surface area contributed by atoms with Crippen molar-refractivity contribution in [2.24, 2.45) is 9.98 Å². The van der Waals surface area contributed by atoms with Crippen LogP contribution >= 0.6 is 0 Å². The molecule has 3 aromatic rings. The Hall–Kier alpha value is -3.17. The molecule has 54 heavy (non-hydrogen) atoms.